The van der Waals surface area contributed by atoms with Crippen molar-refractivity contribution in [3.63, 3.8) is 0 Å². The molecular formula is C21H22O6. The maximum absolute atomic E-state index is 11.4. The lowest BCUT2D eigenvalue weighted by atomic mass is 10.1. The van der Waals surface area contributed by atoms with Crippen molar-refractivity contribution in [2.75, 3.05) is 13.2 Å². The minimum Gasteiger partial charge on any atom is -0.478 e. The molecule has 6 heteroatoms. The van der Waals surface area contributed by atoms with Crippen molar-refractivity contribution >= 4 is 17.9 Å². The summed E-state index contributed by atoms with van der Waals surface area (Å²) in [5, 5.41) is 8.66. The molecule has 2 aromatic rings. The van der Waals surface area contributed by atoms with E-state index in [1.807, 2.05) is 25.1 Å². The number of hydrogen-bond acceptors (Lipinski definition) is 5. The minimum atomic E-state index is -1.02. The Morgan fingerprint density at radius 2 is 1.37 bits per heavy atom. The summed E-state index contributed by atoms with van der Waals surface area (Å²) in [5.41, 5.74) is 1.09. The predicted molar refractivity (Wildman–Crippen MR) is 101 cm³/mol. The van der Waals surface area contributed by atoms with Crippen molar-refractivity contribution in [1.82, 2.24) is 0 Å². The summed E-state index contributed by atoms with van der Waals surface area (Å²) >= 11 is 0. The number of benzene rings is 2. The molecule has 142 valence electrons. The van der Waals surface area contributed by atoms with Gasteiger partial charge in [-0.15, -0.1) is 0 Å². The zero-order chi connectivity index (χ0) is 20.1. The van der Waals surface area contributed by atoms with Gasteiger partial charge in [-0.25, -0.2) is 14.4 Å². The van der Waals surface area contributed by atoms with Gasteiger partial charge in [0.05, 0.1) is 23.3 Å². The second-order valence-electron chi connectivity index (χ2n) is 5.14. The molecule has 2 aromatic carbocycles. The van der Waals surface area contributed by atoms with Crippen molar-refractivity contribution < 1.29 is 29.0 Å². The molecule has 0 saturated heterocycles. The highest BCUT2D eigenvalue weighted by molar-refractivity contribution is 5.92. The van der Waals surface area contributed by atoms with Crippen molar-refractivity contribution in [3.05, 3.63) is 83.4 Å². The lowest BCUT2D eigenvalue weighted by Gasteiger charge is -2.01. The first-order valence-electron chi connectivity index (χ1n) is 8.33. The third-order valence-corrected chi connectivity index (χ3v) is 3.20. The Balaban J connectivity index is 0.000000289. The van der Waals surface area contributed by atoms with Gasteiger partial charge in [-0.1, -0.05) is 30.4 Å². The highest BCUT2D eigenvalue weighted by atomic mass is 16.5. The number of carboxylic acid groups (broad SMARTS) is 1. The molecule has 0 amide bonds. The standard InChI is InChI=1S/C12H12O4.C9H10O2/c1-2-3-8-16-12(15)10-6-4-9(5-7-10)11(13)14;1-2-11-9(10)8-6-4-3-5-7-8/h2-7H,8H2,1H3,(H,13,14);3-7H,2H2,1H3. The normalized spacial score (nSPS) is 9.85. The quantitative estimate of drug-likeness (QED) is 0.611. The van der Waals surface area contributed by atoms with Crippen LogP contribution in [0.3, 0.4) is 0 Å². The lowest BCUT2D eigenvalue weighted by molar-refractivity contribution is 0.0523. The largest absolute Gasteiger partial charge is 0.478 e. The molecule has 0 atom stereocenters. The SMILES string of the molecule is CC=CCOC(=O)c1ccc(C(=O)O)cc1.CCOC(=O)c1ccccc1. The van der Waals surface area contributed by atoms with Crippen molar-refractivity contribution in [2.45, 2.75) is 13.8 Å². The molecule has 0 saturated carbocycles. The number of hydrogen-bond donors (Lipinski definition) is 1. The van der Waals surface area contributed by atoms with Gasteiger partial charge >= 0.3 is 17.9 Å². The van der Waals surface area contributed by atoms with Gasteiger partial charge in [0.15, 0.2) is 0 Å². The molecular weight excluding hydrogens is 348 g/mol. The summed E-state index contributed by atoms with van der Waals surface area (Å²) in [5.74, 6) is -1.74. The molecule has 27 heavy (non-hydrogen) atoms. The summed E-state index contributed by atoms with van der Waals surface area (Å²) in [6, 6.07) is 14.6. The van der Waals surface area contributed by atoms with E-state index in [1.165, 1.54) is 24.3 Å². The van der Waals surface area contributed by atoms with E-state index < -0.39 is 11.9 Å². The number of carbonyl (C=O) groups is 3. The van der Waals surface area contributed by atoms with Crippen molar-refractivity contribution in [3.8, 4) is 0 Å². The van der Waals surface area contributed by atoms with E-state index in [2.05, 4.69) is 0 Å². The Morgan fingerprint density at radius 3 is 1.89 bits per heavy atom. The number of carboxylic acids is 1. The monoisotopic (exact) mass is 370 g/mol. The van der Waals surface area contributed by atoms with Gasteiger partial charge < -0.3 is 14.6 Å². The van der Waals surface area contributed by atoms with Crippen molar-refractivity contribution in [1.29, 1.82) is 0 Å². The number of ether oxygens (including phenoxy) is 2. The number of allylic oxidation sites excluding steroid dienone is 1. The highest BCUT2D eigenvalue weighted by Crippen LogP contribution is 2.06. The van der Waals surface area contributed by atoms with Crippen LogP contribution in [0.5, 0.6) is 0 Å². The molecule has 0 aliphatic heterocycles. The lowest BCUT2D eigenvalue weighted by Crippen LogP contribution is -2.05. The van der Waals surface area contributed by atoms with Gasteiger partial charge in [0.25, 0.3) is 0 Å². The van der Waals surface area contributed by atoms with Crippen LogP contribution in [0.15, 0.2) is 66.7 Å². The van der Waals surface area contributed by atoms with Crippen LogP contribution in [0.25, 0.3) is 0 Å². The van der Waals surface area contributed by atoms with Gasteiger partial charge in [0.2, 0.25) is 0 Å². The molecule has 0 spiro atoms. The fourth-order valence-corrected chi connectivity index (χ4v) is 1.84. The molecule has 0 aliphatic carbocycles. The molecule has 1 N–H and O–H groups in total. The topological polar surface area (TPSA) is 89.9 Å². The molecule has 0 radical (unpaired) electrons. The zero-order valence-corrected chi connectivity index (χ0v) is 15.3. The molecule has 0 aromatic heterocycles. The zero-order valence-electron chi connectivity index (χ0n) is 15.3. The molecule has 0 unspecified atom stereocenters. The first-order valence-corrected chi connectivity index (χ1v) is 8.33. The van der Waals surface area contributed by atoms with Crippen LogP contribution in [0, 0.1) is 0 Å². The van der Waals surface area contributed by atoms with Gasteiger partial charge in [0.1, 0.15) is 6.61 Å². The van der Waals surface area contributed by atoms with Gasteiger partial charge in [-0.3, -0.25) is 0 Å². The fourth-order valence-electron chi connectivity index (χ4n) is 1.84. The van der Waals surface area contributed by atoms with Gasteiger partial charge in [0, 0.05) is 0 Å². The second-order valence-corrected chi connectivity index (χ2v) is 5.14. The maximum Gasteiger partial charge on any atom is 0.338 e. The van der Waals surface area contributed by atoms with Crippen LogP contribution >= 0.6 is 0 Å². The number of carbonyl (C=O) groups excluding carboxylic acids is 2. The van der Waals surface area contributed by atoms with Crippen LogP contribution in [-0.2, 0) is 9.47 Å². The van der Waals surface area contributed by atoms with E-state index >= 15 is 0 Å². The minimum absolute atomic E-state index is 0.144. The van der Waals surface area contributed by atoms with E-state index in [1.54, 1.807) is 31.2 Å². The predicted octanol–water partition coefficient (Wildman–Crippen LogP) is 3.98. The van der Waals surface area contributed by atoms with Crippen LogP contribution in [-0.4, -0.2) is 36.2 Å². The third-order valence-electron chi connectivity index (χ3n) is 3.20. The molecule has 6 nitrogen and oxygen atoms in total. The van der Waals surface area contributed by atoms with E-state index in [9.17, 15) is 14.4 Å². The highest BCUT2D eigenvalue weighted by Gasteiger charge is 2.08. The van der Waals surface area contributed by atoms with E-state index in [4.69, 9.17) is 14.6 Å². The molecule has 0 bridgehead atoms. The van der Waals surface area contributed by atoms with E-state index in [0.29, 0.717) is 17.7 Å². The van der Waals surface area contributed by atoms with Gasteiger partial charge in [-0.2, -0.15) is 0 Å². The summed E-state index contributed by atoms with van der Waals surface area (Å²) in [7, 11) is 0. The van der Waals surface area contributed by atoms with Crippen LogP contribution in [0.1, 0.15) is 44.9 Å². The molecule has 0 fully saturated rings. The average Bonchev–Trinajstić information content (AvgIpc) is 2.69. The Bertz CT molecular complexity index is 763. The Hall–Kier alpha value is -3.41. The van der Waals surface area contributed by atoms with Crippen LogP contribution < -0.4 is 0 Å². The third kappa shape index (κ3) is 8.00. The molecule has 0 heterocycles. The summed E-state index contributed by atoms with van der Waals surface area (Å²) in [4.78, 5) is 33.0. The summed E-state index contributed by atoms with van der Waals surface area (Å²) in [6.45, 7) is 4.26. The first-order chi connectivity index (χ1) is 13.0. The van der Waals surface area contributed by atoms with Crippen LogP contribution in [0.2, 0.25) is 0 Å². The maximum atomic E-state index is 11.4. The second kappa shape index (κ2) is 12.0. The average molecular weight is 370 g/mol. The number of aromatic carboxylic acids is 1. The fraction of sp³-hybridized carbons (Fsp3) is 0.190. The Labute approximate surface area is 158 Å². The Kier molecular flexibility index (Phi) is 9.64. The van der Waals surface area contributed by atoms with E-state index in [-0.39, 0.29) is 18.1 Å². The Morgan fingerprint density at radius 1 is 0.852 bits per heavy atom. The number of esters is 2. The first kappa shape index (κ1) is 21.6. The summed E-state index contributed by atoms with van der Waals surface area (Å²) in [6.07, 6.45) is 3.49. The van der Waals surface area contributed by atoms with Gasteiger partial charge in [-0.05, 0) is 50.2 Å². The van der Waals surface area contributed by atoms with Crippen LogP contribution in [0.4, 0.5) is 0 Å². The smallest absolute Gasteiger partial charge is 0.338 e. The van der Waals surface area contributed by atoms with E-state index in [0.717, 1.165) is 0 Å². The molecule has 0 aliphatic rings. The number of rotatable bonds is 6. The summed E-state index contributed by atoms with van der Waals surface area (Å²) < 4.78 is 9.68. The molecule has 2 rings (SSSR count). The van der Waals surface area contributed by atoms with Crippen molar-refractivity contribution in [2.24, 2.45) is 0 Å².